The Morgan fingerprint density at radius 2 is 1.89 bits per heavy atom. The van der Waals surface area contributed by atoms with Gasteiger partial charge < -0.3 is 9.30 Å². The molecule has 1 heterocycles. The second-order valence-corrected chi connectivity index (χ2v) is 9.47. The van der Waals surface area contributed by atoms with Gasteiger partial charge in [0.1, 0.15) is 5.75 Å². The van der Waals surface area contributed by atoms with Crippen LogP contribution in [0.25, 0.3) is 10.2 Å². The fourth-order valence-electron chi connectivity index (χ4n) is 2.79. The summed E-state index contributed by atoms with van der Waals surface area (Å²) in [7, 11) is -0.190. The van der Waals surface area contributed by atoms with Crippen LogP contribution in [0.2, 0.25) is 0 Å². The Morgan fingerprint density at radius 1 is 1.18 bits per heavy atom. The lowest BCUT2D eigenvalue weighted by Crippen LogP contribution is -2.15. The Hall–Kier alpha value is -2.45. The van der Waals surface area contributed by atoms with Gasteiger partial charge in [0.25, 0.3) is 0 Å². The SMILES string of the molecule is CCc1ccc2c(c1)sc(=NC(=O)CCS(=O)(=O)c1ccc(OC)cc1)n2C. The highest BCUT2D eigenvalue weighted by molar-refractivity contribution is 7.91. The monoisotopic (exact) mass is 418 g/mol. The number of hydrogen-bond donors (Lipinski definition) is 0. The van der Waals surface area contributed by atoms with Crippen LogP contribution < -0.4 is 9.54 Å². The van der Waals surface area contributed by atoms with Crippen molar-refractivity contribution in [3.05, 3.63) is 52.8 Å². The Balaban J connectivity index is 1.77. The van der Waals surface area contributed by atoms with E-state index in [1.54, 1.807) is 12.1 Å². The van der Waals surface area contributed by atoms with Gasteiger partial charge in [0.15, 0.2) is 14.6 Å². The molecule has 148 valence electrons. The number of hydrogen-bond acceptors (Lipinski definition) is 5. The molecule has 2 aromatic carbocycles. The maximum Gasteiger partial charge on any atom is 0.249 e. The molecule has 0 aliphatic carbocycles. The third-order valence-electron chi connectivity index (χ3n) is 4.51. The molecule has 0 N–H and O–H groups in total. The van der Waals surface area contributed by atoms with E-state index in [4.69, 9.17) is 4.74 Å². The summed E-state index contributed by atoms with van der Waals surface area (Å²) in [5, 5.41) is 0. The average Bonchev–Trinajstić information content (AvgIpc) is 3.01. The third-order valence-corrected chi connectivity index (χ3v) is 7.33. The first-order valence-corrected chi connectivity index (χ1v) is 11.3. The third kappa shape index (κ3) is 4.34. The van der Waals surface area contributed by atoms with E-state index in [-0.39, 0.29) is 17.1 Å². The van der Waals surface area contributed by atoms with Gasteiger partial charge in [-0.1, -0.05) is 24.3 Å². The Morgan fingerprint density at radius 3 is 2.54 bits per heavy atom. The topological polar surface area (TPSA) is 77.7 Å². The molecule has 0 unspecified atom stereocenters. The summed E-state index contributed by atoms with van der Waals surface area (Å²) in [6, 6.07) is 12.3. The number of rotatable bonds is 6. The molecule has 0 radical (unpaired) electrons. The van der Waals surface area contributed by atoms with Gasteiger partial charge >= 0.3 is 0 Å². The highest BCUT2D eigenvalue weighted by atomic mass is 32.2. The second kappa shape index (κ2) is 8.28. The summed E-state index contributed by atoms with van der Waals surface area (Å²) in [5.41, 5.74) is 2.22. The van der Waals surface area contributed by atoms with Crippen LogP contribution >= 0.6 is 11.3 Å². The van der Waals surface area contributed by atoms with E-state index in [0.717, 1.165) is 16.6 Å². The number of sulfone groups is 1. The molecule has 3 rings (SSSR count). The normalized spacial score (nSPS) is 12.5. The van der Waals surface area contributed by atoms with Gasteiger partial charge in [0, 0.05) is 13.5 Å². The van der Waals surface area contributed by atoms with Gasteiger partial charge in [-0.2, -0.15) is 4.99 Å². The molecule has 0 spiro atoms. The molecule has 0 aliphatic heterocycles. The van der Waals surface area contributed by atoms with E-state index >= 15 is 0 Å². The zero-order valence-corrected chi connectivity index (χ0v) is 17.6. The predicted molar refractivity (Wildman–Crippen MR) is 110 cm³/mol. The maximum absolute atomic E-state index is 12.4. The molecule has 3 aromatic rings. The lowest BCUT2D eigenvalue weighted by Gasteiger charge is -2.04. The van der Waals surface area contributed by atoms with E-state index in [0.29, 0.717) is 10.6 Å². The van der Waals surface area contributed by atoms with Crippen molar-refractivity contribution < 1.29 is 17.9 Å². The van der Waals surface area contributed by atoms with Crippen LogP contribution in [0.4, 0.5) is 0 Å². The van der Waals surface area contributed by atoms with E-state index in [2.05, 4.69) is 24.0 Å². The molecule has 0 saturated heterocycles. The zero-order valence-electron chi connectivity index (χ0n) is 16.0. The first-order valence-electron chi connectivity index (χ1n) is 8.87. The molecule has 1 aromatic heterocycles. The van der Waals surface area contributed by atoms with E-state index in [1.807, 2.05) is 17.7 Å². The first kappa shape index (κ1) is 20.3. The predicted octanol–water partition coefficient (Wildman–Crippen LogP) is 3.10. The number of carbonyl (C=O) groups excluding carboxylic acids is 1. The number of ether oxygens (including phenoxy) is 1. The summed E-state index contributed by atoms with van der Waals surface area (Å²) in [6.45, 7) is 2.09. The number of carbonyl (C=O) groups is 1. The molecule has 0 saturated carbocycles. The molecule has 6 nitrogen and oxygen atoms in total. The molecule has 0 bridgehead atoms. The minimum Gasteiger partial charge on any atom is -0.497 e. The van der Waals surface area contributed by atoms with Crippen LogP contribution in [0.15, 0.2) is 52.4 Å². The molecule has 0 fully saturated rings. The summed E-state index contributed by atoms with van der Waals surface area (Å²) in [6.07, 6.45) is 0.773. The molecular weight excluding hydrogens is 396 g/mol. The van der Waals surface area contributed by atoms with Gasteiger partial charge in [-0.25, -0.2) is 8.42 Å². The van der Waals surface area contributed by atoms with Crippen LogP contribution in [0.5, 0.6) is 5.75 Å². The molecule has 28 heavy (non-hydrogen) atoms. The van der Waals surface area contributed by atoms with Gasteiger partial charge in [0.2, 0.25) is 5.91 Å². The van der Waals surface area contributed by atoms with Crippen LogP contribution in [-0.2, 0) is 28.1 Å². The van der Waals surface area contributed by atoms with Gasteiger partial charge in [0.05, 0.1) is 28.0 Å². The second-order valence-electron chi connectivity index (χ2n) is 6.35. The molecule has 0 atom stereocenters. The molecule has 0 aliphatic rings. The summed E-state index contributed by atoms with van der Waals surface area (Å²) in [4.78, 5) is 17.2. The van der Waals surface area contributed by atoms with Crippen molar-refractivity contribution in [1.82, 2.24) is 4.57 Å². The highest BCUT2D eigenvalue weighted by Crippen LogP contribution is 2.19. The molecule has 8 heteroatoms. The maximum atomic E-state index is 12.4. The summed E-state index contributed by atoms with van der Waals surface area (Å²) < 4.78 is 32.8. The van der Waals surface area contributed by atoms with Crippen LogP contribution in [0, 0.1) is 0 Å². The Labute approximate surface area is 168 Å². The lowest BCUT2D eigenvalue weighted by atomic mass is 10.2. The number of benzene rings is 2. The Bertz CT molecular complexity index is 1170. The zero-order chi connectivity index (χ0) is 20.3. The quantitative estimate of drug-likeness (QED) is 0.616. The standard InChI is InChI=1S/C20H22N2O4S2/c1-4-14-5-10-17-18(13-14)27-20(22(17)2)21-19(23)11-12-28(24,25)16-8-6-15(26-3)7-9-16/h5-10,13H,4,11-12H2,1-3H3. The van der Waals surface area contributed by atoms with Gasteiger partial charge in [-0.05, 0) is 48.4 Å². The van der Waals surface area contributed by atoms with Gasteiger partial charge in [-0.3, -0.25) is 4.79 Å². The average molecular weight is 419 g/mol. The number of aromatic nitrogens is 1. The minimum absolute atomic E-state index is 0.164. The minimum atomic E-state index is -3.56. The van der Waals surface area contributed by atoms with Crippen LogP contribution in [-0.4, -0.2) is 31.8 Å². The number of thiazole rings is 1. The number of methoxy groups -OCH3 is 1. The van der Waals surface area contributed by atoms with E-state index < -0.39 is 15.7 Å². The van der Waals surface area contributed by atoms with Crippen LogP contribution in [0.1, 0.15) is 18.9 Å². The smallest absolute Gasteiger partial charge is 0.249 e. The number of aryl methyl sites for hydroxylation is 2. The van der Waals surface area contributed by atoms with E-state index in [1.165, 1.54) is 36.1 Å². The van der Waals surface area contributed by atoms with Crippen molar-refractivity contribution in [1.29, 1.82) is 0 Å². The number of fused-ring (bicyclic) bond motifs is 1. The van der Waals surface area contributed by atoms with Crippen molar-refractivity contribution in [3.8, 4) is 5.75 Å². The van der Waals surface area contributed by atoms with Crippen LogP contribution in [0.3, 0.4) is 0 Å². The summed E-state index contributed by atoms with van der Waals surface area (Å²) in [5.74, 6) is -0.153. The number of nitrogens with zero attached hydrogens (tertiary/aromatic N) is 2. The number of amides is 1. The Kier molecular flexibility index (Phi) is 6.00. The van der Waals surface area contributed by atoms with Crippen molar-refractivity contribution >= 4 is 37.3 Å². The van der Waals surface area contributed by atoms with E-state index in [9.17, 15) is 13.2 Å². The molecule has 1 amide bonds. The van der Waals surface area contributed by atoms with Crippen molar-refractivity contribution in [2.45, 2.75) is 24.7 Å². The fourth-order valence-corrected chi connectivity index (χ4v) is 5.12. The highest BCUT2D eigenvalue weighted by Gasteiger charge is 2.16. The van der Waals surface area contributed by atoms with Crippen molar-refractivity contribution in [3.63, 3.8) is 0 Å². The largest absolute Gasteiger partial charge is 0.497 e. The molecular formula is C20H22N2O4S2. The fraction of sp³-hybridized carbons (Fsp3) is 0.300. The van der Waals surface area contributed by atoms with Gasteiger partial charge in [-0.15, -0.1) is 0 Å². The van der Waals surface area contributed by atoms with Crippen molar-refractivity contribution in [2.75, 3.05) is 12.9 Å². The lowest BCUT2D eigenvalue weighted by molar-refractivity contribution is -0.117. The van der Waals surface area contributed by atoms with Crippen molar-refractivity contribution in [2.24, 2.45) is 12.0 Å². The first-order chi connectivity index (χ1) is 13.3. The summed E-state index contributed by atoms with van der Waals surface area (Å²) >= 11 is 1.43.